The van der Waals surface area contributed by atoms with Crippen molar-refractivity contribution < 1.29 is 0 Å². The summed E-state index contributed by atoms with van der Waals surface area (Å²) in [5.74, 6) is 0.678. The van der Waals surface area contributed by atoms with Gasteiger partial charge < -0.3 is 4.57 Å². The normalized spacial score (nSPS) is 13.1. The average Bonchev–Trinajstić information content (AvgIpc) is 3.82. The second-order valence-electron chi connectivity index (χ2n) is 15.2. The fraction of sp³-hybridized carbons (Fsp3) is 0.0370. The molecular weight excluding hydrogens is 705 g/mol. The third-order valence-corrected chi connectivity index (χ3v) is 11.9. The number of allylic oxidation sites excluding steroid dienone is 4. The zero-order valence-electron chi connectivity index (χ0n) is 31.7. The molecule has 0 amide bonds. The topological polar surface area (TPSA) is 35.6 Å². The molecule has 0 radical (unpaired) electrons. The Hall–Kier alpha value is -7.56. The van der Waals surface area contributed by atoms with Gasteiger partial charge in [-0.05, 0) is 106 Å². The molecule has 0 atom stereocenters. The number of rotatable bonds is 5. The molecule has 12 rings (SSSR count). The van der Waals surface area contributed by atoms with Gasteiger partial charge in [0.25, 0.3) is 0 Å². The highest BCUT2D eigenvalue weighted by Crippen LogP contribution is 2.43. The third kappa shape index (κ3) is 5.01. The van der Waals surface area contributed by atoms with Gasteiger partial charge >= 0.3 is 0 Å². The summed E-state index contributed by atoms with van der Waals surface area (Å²) in [5.41, 5.74) is 13.5. The maximum Gasteiger partial charge on any atom is 0.235 e. The lowest BCUT2D eigenvalue weighted by Crippen LogP contribution is -2.05. The fourth-order valence-electron chi connectivity index (χ4n) is 9.33. The van der Waals surface area contributed by atoms with Gasteiger partial charge in [-0.15, -0.1) is 0 Å². The van der Waals surface area contributed by atoms with E-state index in [4.69, 9.17) is 9.97 Å². The highest BCUT2D eigenvalue weighted by molar-refractivity contribution is 6.24. The standard InChI is InChI=1S/C54H36N4/c1-3-16-35(17-4-1)53-43-25-9-12-27-47(43)55-54(56-53)58-49-29-14-11-26-44(49)52-42-24-8-7-22-40(42)45(34-51(52)58)38-19-15-18-36(32-38)37-30-31-50-46(33-37)41-23-10-13-28-48(41)57(50)39-20-5-2-6-21-39/h2-3,5-34H,1,4H2. The van der Waals surface area contributed by atoms with E-state index >= 15 is 0 Å². The van der Waals surface area contributed by atoms with Crippen LogP contribution in [0.3, 0.4) is 0 Å². The van der Waals surface area contributed by atoms with E-state index in [1.807, 2.05) is 0 Å². The van der Waals surface area contributed by atoms with E-state index in [0.717, 1.165) is 57.3 Å². The summed E-state index contributed by atoms with van der Waals surface area (Å²) < 4.78 is 4.65. The Morgan fingerprint density at radius 3 is 1.91 bits per heavy atom. The molecule has 272 valence electrons. The molecule has 58 heavy (non-hydrogen) atoms. The van der Waals surface area contributed by atoms with Gasteiger partial charge in [0.1, 0.15) is 0 Å². The first-order valence-electron chi connectivity index (χ1n) is 20.1. The largest absolute Gasteiger partial charge is 0.309 e. The van der Waals surface area contributed by atoms with E-state index < -0.39 is 0 Å². The summed E-state index contributed by atoms with van der Waals surface area (Å²) in [6.45, 7) is 0. The van der Waals surface area contributed by atoms with Gasteiger partial charge in [-0.1, -0.05) is 140 Å². The average molecular weight is 741 g/mol. The van der Waals surface area contributed by atoms with E-state index in [1.165, 1.54) is 60.0 Å². The number of para-hydroxylation sites is 4. The molecule has 3 heterocycles. The van der Waals surface area contributed by atoms with Crippen LogP contribution in [0.4, 0.5) is 0 Å². The molecule has 0 saturated heterocycles. The quantitative estimate of drug-likeness (QED) is 0.176. The summed E-state index contributed by atoms with van der Waals surface area (Å²) in [6.07, 6.45) is 8.83. The van der Waals surface area contributed by atoms with Crippen LogP contribution in [0.5, 0.6) is 0 Å². The van der Waals surface area contributed by atoms with Crippen LogP contribution < -0.4 is 0 Å². The Bertz CT molecular complexity index is 3510. The maximum atomic E-state index is 5.40. The van der Waals surface area contributed by atoms with E-state index in [2.05, 4.69) is 203 Å². The monoisotopic (exact) mass is 740 g/mol. The smallest absolute Gasteiger partial charge is 0.235 e. The molecule has 8 aromatic carbocycles. The van der Waals surface area contributed by atoms with Crippen LogP contribution in [0, 0.1) is 0 Å². The Balaban J connectivity index is 1.08. The molecule has 0 aliphatic heterocycles. The summed E-state index contributed by atoms with van der Waals surface area (Å²) in [7, 11) is 0. The van der Waals surface area contributed by atoms with Crippen LogP contribution in [-0.2, 0) is 0 Å². The number of aromatic nitrogens is 4. The van der Waals surface area contributed by atoms with E-state index in [0.29, 0.717) is 5.95 Å². The first-order valence-corrected chi connectivity index (χ1v) is 20.1. The van der Waals surface area contributed by atoms with Crippen molar-refractivity contribution in [3.63, 3.8) is 0 Å². The summed E-state index contributed by atoms with van der Waals surface area (Å²) in [6, 6.07) is 63.6. The Morgan fingerprint density at radius 1 is 0.414 bits per heavy atom. The minimum atomic E-state index is 0.678. The fourth-order valence-corrected chi connectivity index (χ4v) is 9.33. The van der Waals surface area contributed by atoms with Gasteiger partial charge in [0.2, 0.25) is 5.95 Å². The second kappa shape index (κ2) is 13.0. The predicted molar refractivity (Wildman–Crippen MR) is 243 cm³/mol. The van der Waals surface area contributed by atoms with E-state index in [9.17, 15) is 0 Å². The molecule has 0 spiro atoms. The number of hydrogen-bond donors (Lipinski definition) is 0. The third-order valence-electron chi connectivity index (χ3n) is 11.9. The molecule has 0 N–H and O–H groups in total. The van der Waals surface area contributed by atoms with Gasteiger partial charge in [-0.25, -0.2) is 9.97 Å². The van der Waals surface area contributed by atoms with Crippen LogP contribution in [0.15, 0.2) is 194 Å². The predicted octanol–water partition coefficient (Wildman–Crippen LogP) is 14.0. The van der Waals surface area contributed by atoms with Gasteiger partial charge in [-0.3, -0.25) is 4.57 Å². The minimum Gasteiger partial charge on any atom is -0.309 e. The van der Waals surface area contributed by atoms with Gasteiger partial charge in [0, 0.05) is 32.6 Å². The van der Waals surface area contributed by atoms with Gasteiger partial charge in [0.05, 0.1) is 33.3 Å². The van der Waals surface area contributed by atoms with Crippen LogP contribution in [0.2, 0.25) is 0 Å². The SMILES string of the molecule is C1=CC(c2nc(-n3c4ccccc4c4c5ccccc5c(-c5cccc(-c6ccc7c(c6)c6ccccc6n7-c6ccccc6)c5)cc43)nc3ccccc23)=CCC1. The lowest BCUT2D eigenvalue weighted by Gasteiger charge is -2.15. The highest BCUT2D eigenvalue weighted by atomic mass is 15.2. The van der Waals surface area contributed by atoms with Crippen LogP contribution in [-0.4, -0.2) is 19.1 Å². The molecule has 0 saturated carbocycles. The van der Waals surface area contributed by atoms with Crippen molar-refractivity contribution in [1.82, 2.24) is 19.1 Å². The molecule has 1 aliphatic carbocycles. The lowest BCUT2D eigenvalue weighted by molar-refractivity contribution is 0.996. The molecule has 0 bridgehead atoms. The summed E-state index contributed by atoms with van der Waals surface area (Å²) in [5, 5.41) is 8.38. The number of benzene rings is 8. The first kappa shape index (κ1) is 32.7. The highest BCUT2D eigenvalue weighted by Gasteiger charge is 2.21. The van der Waals surface area contributed by atoms with Crippen molar-refractivity contribution in [2.24, 2.45) is 0 Å². The van der Waals surface area contributed by atoms with Crippen molar-refractivity contribution in [1.29, 1.82) is 0 Å². The summed E-state index contributed by atoms with van der Waals surface area (Å²) in [4.78, 5) is 10.7. The van der Waals surface area contributed by atoms with Crippen molar-refractivity contribution in [3.05, 3.63) is 200 Å². The first-order chi connectivity index (χ1) is 28.8. The van der Waals surface area contributed by atoms with Crippen LogP contribution in [0.25, 0.3) is 105 Å². The Labute approximate surface area is 335 Å². The van der Waals surface area contributed by atoms with Crippen molar-refractivity contribution >= 4 is 70.9 Å². The number of hydrogen-bond acceptors (Lipinski definition) is 2. The molecule has 3 aromatic heterocycles. The van der Waals surface area contributed by atoms with Gasteiger partial charge in [0.15, 0.2) is 0 Å². The molecule has 4 heteroatoms. The Kier molecular flexibility index (Phi) is 7.32. The van der Waals surface area contributed by atoms with Gasteiger partial charge in [-0.2, -0.15) is 0 Å². The minimum absolute atomic E-state index is 0.678. The number of nitrogens with zero attached hydrogens (tertiary/aromatic N) is 4. The van der Waals surface area contributed by atoms with Crippen molar-refractivity contribution in [3.8, 4) is 33.9 Å². The zero-order valence-corrected chi connectivity index (χ0v) is 31.7. The maximum absolute atomic E-state index is 5.40. The van der Waals surface area contributed by atoms with Crippen LogP contribution in [0.1, 0.15) is 18.5 Å². The summed E-state index contributed by atoms with van der Waals surface area (Å²) >= 11 is 0. The number of fused-ring (bicyclic) bond motifs is 9. The molecule has 11 aromatic rings. The lowest BCUT2D eigenvalue weighted by atomic mass is 9.92. The van der Waals surface area contributed by atoms with Crippen molar-refractivity contribution in [2.75, 3.05) is 0 Å². The van der Waals surface area contributed by atoms with Crippen molar-refractivity contribution in [2.45, 2.75) is 12.8 Å². The molecule has 0 unspecified atom stereocenters. The molecule has 0 fully saturated rings. The molecule has 1 aliphatic rings. The van der Waals surface area contributed by atoms with E-state index in [1.54, 1.807) is 0 Å². The second-order valence-corrected chi connectivity index (χ2v) is 15.2. The molecule has 4 nitrogen and oxygen atoms in total. The molecular formula is C54H36N4. The Morgan fingerprint density at radius 2 is 1.09 bits per heavy atom. The zero-order chi connectivity index (χ0) is 38.2. The van der Waals surface area contributed by atoms with E-state index in [-0.39, 0.29) is 0 Å². The van der Waals surface area contributed by atoms with Crippen LogP contribution >= 0.6 is 0 Å².